The number of benzene rings is 1. The van der Waals surface area contributed by atoms with Gasteiger partial charge in [0.05, 0.1) is 11.3 Å². The Morgan fingerprint density at radius 3 is 3.04 bits per heavy atom. The Labute approximate surface area is 165 Å². The van der Waals surface area contributed by atoms with Crippen LogP contribution in [0, 0.1) is 0 Å². The maximum Gasteiger partial charge on any atom is 0.258 e. The molecule has 0 radical (unpaired) electrons. The average molecular weight is 391 g/mol. The molecule has 3 aromatic heterocycles. The summed E-state index contributed by atoms with van der Waals surface area (Å²) >= 11 is 1.59. The molecule has 0 N–H and O–H groups in total. The van der Waals surface area contributed by atoms with Crippen LogP contribution in [-0.4, -0.2) is 43.8 Å². The Morgan fingerprint density at radius 2 is 2.21 bits per heavy atom. The fourth-order valence-corrected chi connectivity index (χ4v) is 4.07. The van der Waals surface area contributed by atoms with Crippen LogP contribution in [0.3, 0.4) is 0 Å². The topological polar surface area (TPSA) is 77.0 Å². The quantitative estimate of drug-likeness (QED) is 0.531. The van der Waals surface area contributed by atoms with Crippen LogP contribution in [0.25, 0.3) is 17.1 Å². The van der Waals surface area contributed by atoms with Crippen LogP contribution in [-0.2, 0) is 0 Å². The van der Waals surface area contributed by atoms with Crippen LogP contribution < -0.4 is 0 Å². The molecule has 28 heavy (non-hydrogen) atoms. The minimum atomic E-state index is 0.0121. The SMILES string of the molecule is O=C(c1cccc(-n2cccn2)c1)N1CC[C@@H](c2noc(-c3ccsc3)n2)C1. The van der Waals surface area contributed by atoms with Gasteiger partial charge in [-0.25, -0.2) is 4.68 Å². The molecule has 1 saturated heterocycles. The van der Waals surface area contributed by atoms with Gasteiger partial charge in [-0.05, 0) is 42.1 Å². The predicted octanol–water partition coefficient (Wildman–Crippen LogP) is 3.61. The molecule has 0 spiro atoms. The summed E-state index contributed by atoms with van der Waals surface area (Å²) in [7, 11) is 0. The molecular weight excluding hydrogens is 374 g/mol. The summed E-state index contributed by atoms with van der Waals surface area (Å²) in [5.41, 5.74) is 2.45. The Bertz CT molecular complexity index is 1090. The normalized spacial score (nSPS) is 16.6. The number of hydrogen-bond acceptors (Lipinski definition) is 6. The Balaban J connectivity index is 1.31. The highest BCUT2D eigenvalue weighted by Crippen LogP contribution is 2.29. The minimum absolute atomic E-state index is 0.0121. The molecule has 1 aliphatic rings. The van der Waals surface area contributed by atoms with Gasteiger partial charge in [-0.3, -0.25) is 4.79 Å². The fraction of sp³-hybridized carbons (Fsp3) is 0.200. The highest BCUT2D eigenvalue weighted by atomic mass is 32.1. The Kier molecular flexibility index (Phi) is 4.25. The molecule has 1 aliphatic heterocycles. The lowest BCUT2D eigenvalue weighted by atomic mass is 10.1. The molecule has 4 aromatic rings. The molecule has 0 bridgehead atoms. The lowest BCUT2D eigenvalue weighted by Crippen LogP contribution is -2.28. The van der Waals surface area contributed by atoms with Crippen molar-refractivity contribution in [2.24, 2.45) is 0 Å². The third-order valence-corrected chi connectivity index (χ3v) is 5.60. The van der Waals surface area contributed by atoms with E-state index in [0.29, 0.717) is 30.4 Å². The number of rotatable bonds is 4. The first kappa shape index (κ1) is 16.9. The molecule has 1 atom stereocenters. The van der Waals surface area contributed by atoms with Gasteiger partial charge in [0.25, 0.3) is 11.8 Å². The summed E-state index contributed by atoms with van der Waals surface area (Å²) in [5, 5.41) is 12.3. The largest absolute Gasteiger partial charge is 0.338 e. The summed E-state index contributed by atoms with van der Waals surface area (Å²) < 4.78 is 7.14. The van der Waals surface area contributed by atoms with E-state index in [4.69, 9.17) is 4.52 Å². The number of carbonyl (C=O) groups excluding carboxylic acids is 1. The average Bonchev–Trinajstić information content (AvgIpc) is 3.52. The van der Waals surface area contributed by atoms with Crippen molar-refractivity contribution in [2.75, 3.05) is 13.1 Å². The molecule has 0 saturated carbocycles. The second-order valence-corrected chi connectivity index (χ2v) is 7.49. The molecular formula is C20H17N5O2S. The molecule has 0 unspecified atom stereocenters. The molecule has 140 valence electrons. The van der Waals surface area contributed by atoms with Crippen LogP contribution in [0.1, 0.15) is 28.5 Å². The lowest BCUT2D eigenvalue weighted by Gasteiger charge is -2.16. The van der Waals surface area contributed by atoms with Crippen molar-refractivity contribution in [3.63, 3.8) is 0 Å². The third kappa shape index (κ3) is 3.11. The van der Waals surface area contributed by atoms with Gasteiger partial charge in [-0.15, -0.1) is 0 Å². The first-order valence-electron chi connectivity index (χ1n) is 9.03. The molecule has 1 fully saturated rings. The van der Waals surface area contributed by atoms with Crippen molar-refractivity contribution >= 4 is 17.2 Å². The molecule has 5 rings (SSSR count). The molecule has 4 heterocycles. The Hall–Kier alpha value is -3.26. The van der Waals surface area contributed by atoms with Gasteiger partial charge < -0.3 is 9.42 Å². The number of nitrogens with zero attached hydrogens (tertiary/aromatic N) is 5. The van der Waals surface area contributed by atoms with Crippen LogP contribution in [0.4, 0.5) is 0 Å². The van der Waals surface area contributed by atoms with Crippen LogP contribution in [0.2, 0.25) is 0 Å². The van der Waals surface area contributed by atoms with Gasteiger partial charge in [-0.2, -0.15) is 21.4 Å². The van der Waals surface area contributed by atoms with Crippen molar-refractivity contribution in [3.05, 3.63) is 70.9 Å². The van der Waals surface area contributed by atoms with E-state index in [1.54, 1.807) is 22.2 Å². The van der Waals surface area contributed by atoms with Crippen molar-refractivity contribution in [3.8, 4) is 17.1 Å². The van der Waals surface area contributed by atoms with Gasteiger partial charge in [0.1, 0.15) is 0 Å². The lowest BCUT2D eigenvalue weighted by molar-refractivity contribution is 0.0790. The van der Waals surface area contributed by atoms with E-state index in [0.717, 1.165) is 17.7 Å². The molecule has 1 amide bonds. The van der Waals surface area contributed by atoms with Gasteiger partial charge in [-0.1, -0.05) is 11.2 Å². The third-order valence-electron chi connectivity index (χ3n) is 4.91. The maximum atomic E-state index is 13.0. The smallest absolute Gasteiger partial charge is 0.258 e. The van der Waals surface area contributed by atoms with E-state index in [1.807, 2.05) is 58.3 Å². The molecule has 7 nitrogen and oxygen atoms in total. The van der Waals surface area contributed by atoms with E-state index in [9.17, 15) is 4.79 Å². The van der Waals surface area contributed by atoms with Crippen LogP contribution >= 0.6 is 11.3 Å². The number of likely N-dealkylation sites (tertiary alicyclic amines) is 1. The van der Waals surface area contributed by atoms with Crippen molar-refractivity contribution in [1.29, 1.82) is 0 Å². The van der Waals surface area contributed by atoms with Crippen molar-refractivity contribution < 1.29 is 9.32 Å². The molecule has 1 aromatic carbocycles. The summed E-state index contributed by atoms with van der Waals surface area (Å²) in [6, 6.07) is 11.3. The zero-order chi connectivity index (χ0) is 18.9. The minimum Gasteiger partial charge on any atom is -0.338 e. The highest BCUT2D eigenvalue weighted by molar-refractivity contribution is 7.08. The summed E-state index contributed by atoms with van der Waals surface area (Å²) in [6.45, 7) is 1.27. The number of aromatic nitrogens is 4. The summed E-state index contributed by atoms with van der Waals surface area (Å²) in [5.74, 6) is 1.31. The summed E-state index contributed by atoms with van der Waals surface area (Å²) in [6.07, 6.45) is 4.40. The van der Waals surface area contributed by atoms with Crippen molar-refractivity contribution in [1.82, 2.24) is 24.8 Å². The summed E-state index contributed by atoms with van der Waals surface area (Å²) in [4.78, 5) is 19.4. The van der Waals surface area contributed by atoms with E-state index >= 15 is 0 Å². The number of amides is 1. The first-order valence-corrected chi connectivity index (χ1v) is 9.98. The monoisotopic (exact) mass is 391 g/mol. The predicted molar refractivity (Wildman–Crippen MR) is 104 cm³/mol. The zero-order valence-corrected chi connectivity index (χ0v) is 15.7. The van der Waals surface area contributed by atoms with E-state index in [2.05, 4.69) is 15.2 Å². The van der Waals surface area contributed by atoms with E-state index in [1.165, 1.54) is 0 Å². The standard InChI is InChI=1S/C20H17N5O2S/c26-20(14-3-1-4-17(11-14)25-8-2-7-21-25)24-9-5-15(12-24)18-22-19(27-23-18)16-6-10-28-13-16/h1-4,6-8,10-11,13,15H,5,9,12H2/t15-/m1/s1. The van der Waals surface area contributed by atoms with Gasteiger partial charge >= 0.3 is 0 Å². The van der Waals surface area contributed by atoms with Gasteiger partial charge in [0.15, 0.2) is 5.82 Å². The maximum absolute atomic E-state index is 13.0. The van der Waals surface area contributed by atoms with E-state index < -0.39 is 0 Å². The second-order valence-electron chi connectivity index (χ2n) is 6.71. The number of carbonyl (C=O) groups is 1. The molecule has 8 heteroatoms. The van der Waals surface area contributed by atoms with Gasteiger partial charge in [0.2, 0.25) is 0 Å². The fourth-order valence-electron chi connectivity index (χ4n) is 3.45. The Morgan fingerprint density at radius 1 is 1.25 bits per heavy atom. The zero-order valence-electron chi connectivity index (χ0n) is 14.9. The van der Waals surface area contributed by atoms with E-state index in [-0.39, 0.29) is 11.8 Å². The number of hydrogen-bond donors (Lipinski definition) is 0. The van der Waals surface area contributed by atoms with Gasteiger partial charge in [0, 0.05) is 42.3 Å². The first-order chi connectivity index (χ1) is 13.8. The highest BCUT2D eigenvalue weighted by Gasteiger charge is 2.31. The van der Waals surface area contributed by atoms with Crippen molar-refractivity contribution in [2.45, 2.75) is 12.3 Å². The molecule has 0 aliphatic carbocycles. The van der Waals surface area contributed by atoms with Crippen LogP contribution in [0.5, 0.6) is 0 Å². The number of thiophene rings is 1. The van der Waals surface area contributed by atoms with Crippen LogP contribution in [0.15, 0.2) is 64.1 Å². The second kappa shape index (κ2) is 7.05.